The minimum absolute atomic E-state index is 0.0268. The average molecular weight is 226 g/mol. The summed E-state index contributed by atoms with van der Waals surface area (Å²) in [5.41, 5.74) is 7.46. The fraction of sp³-hybridized carbons (Fsp3) is 0.900. The van der Waals surface area contributed by atoms with Gasteiger partial charge < -0.3 is 4.74 Å². The molecular weight excluding hydrogens is 208 g/mol. The number of ether oxygens (including phenoxy) is 1. The normalized spacial score (nSPS) is 19.5. The number of rotatable bonds is 3. The van der Waals surface area contributed by atoms with Crippen molar-refractivity contribution in [2.75, 3.05) is 19.7 Å². The molecule has 0 bridgehead atoms. The minimum Gasteiger partial charge on any atom is -0.465 e. The van der Waals surface area contributed by atoms with Crippen LogP contribution in [0.2, 0.25) is 0 Å². The molecule has 1 rings (SSSR count). The first-order valence-electron chi connectivity index (χ1n) is 5.34. The molecule has 0 aromatic heterocycles. The Bertz CT molecular complexity index is 322. The summed E-state index contributed by atoms with van der Waals surface area (Å²) in [5, 5.41) is 3.61. The summed E-state index contributed by atoms with van der Waals surface area (Å²) < 4.78 is 4.93. The zero-order valence-electron chi connectivity index (χ0n) is 10.2. The Morgan fingerprint density at radius 3 is 2.50 bits per heavy atom. The highest BCUT2D eigenvalue weighted by Gasteiger charge is 2.53. The molecule has 1 aliphatic heterocycles. The van der Waals surface area contributed by atoms with E-state index in [1.54, 1.807) is 6.92 Å². The smallest absolute Gasteiger partial charge is 0.320 e. The number of nitrogens with zero attached hydrogens (tertiary/aromatic N) is 4. The monoisotopic (exact) mass is 226 g/mol. The highest BCUT2D eigenvalue weighted by atomic mass is 16.5. The molecule has 0 spiro atoms. The van der Waals surface area contributed by atoms with Crippen molar-refractivity contribution in [3.63, 3.8) is 0 Å². The van der Waals surface area contributed by atoms with E-state index in [9.17, 15) is 4.79 Å². The summed E-state index contributed by atoms with van der Waals surface area (Å²) in [5.74, 6) is -0.423. The van der Waals surface area contributed by atoms with Crippen LogP contribution < -0.4 is 0 Å². The Morgan fingerprint density at radius 1 is 1.56 bits per heavy atom. The summed E-state index contributed by atoms with van der Waals surface area (Å²) in [6.07, 6.45) is 0. The van der Waals surface area contributed by atoms with Crippen LogP contribution in [0.4, 0.5) is 0 Å². The van der Waals surface area contributed by atoms with Gasteiger partial charge in [-0.05, 0) is 33.2 Å². The van der Waals surface area contributed by atoms with Crippen LogP contribution in [-0.2, 0) is 9.53 Å². The predicted octanol–water partition coefficient (Wildman–Crippen LogP) is 1.71. The first kappa shape index (κ1) is 12.8. The van der Waals surface area contributed by atoms with Crippen molar-refractivity contribution < 1.29 is 9.53 Å². The van der Waals surface area contributed by atoms with Gasteiger partial charge in [-0.2, -0.15) is 0 Å². The molecule has 1 heterocycles. The van der Waals surface area contributed by atoms with E-state index in [-0.39, 0.29) is 5.54 Å². The van der Waals surface area contributed by atoms with Crippen LogP contribution in [0.3, 0.4) is 0 Å². The van der Waals surface area contributed by atoms with Crippen LogP contribution in [0.5, 0.6) is 0 Å². The van der Waals surface area contributed by atoms with Gasteiger partial charge >= 0.3 is 5.97 Å². The highest BCUT2D eigenvalue weighted by molar-refractivity contribution is 5.83. The van der Waals surface area contributed by atoms with Crippen molar-refractivity contribution in [1.29, 1.82) is 0 Å². The van der Waals surface area contributed by atoms with Crippen molar-refractivity contribution in [1.82, 2.24) is 4.90 Å². The predicted molar refractivity (Wildman–Crippen MR) is 59.8 cm³/mol. The number of likely N-dealkylation sites (tertiary alicyclic amines) is 1. The summed E-state index contributed by atoms with van der Waals surface area (Å²) in [4.78, 5) is 16.5. The highest BCUT2D eigenvalue weighted by Crippen LogP contribution is 2.32. The first-order valence-corrected chi connectivity index (χ1v) is 5.34. The molecule has 0 unspecified atom stereocenters. The van der Waals surface area contributed by atoms with Gasteiger partial charge in [-0.15, -0.1) is 0 Å². The van der Waals surface area contributed by atoms with Gasteiger partial charge in [0.05, 0.1) is 6.61 Å². The largest absolute Gasteiger partial charge is 0.465 e. The molecule has 0 N–H and O–H groups in total. The maximum Gasteiger partial charge on any atom is 0.320 e. The van der Waals surface area contributed by atoms with E-state index in [0.29, 0.717) is 19.7 Å². The molecule has 0 atom stereocenters. The van der Waals surface area contributed by atoms with Crippen molar-refractivity contribution >= 4 is 5.97 Å². The van der Waals surface area contributed by atoms with Gasteiger partial charge in [0.1, 0.15) is 0 Å². The van der Waals surface area contributed by atoms with E-state index in [1.807, 2.05) is 0 Å². The second-order valence-electron chi connectivity index (χ2n) is 4.97. The first-order chi connectivity index (χ1) is 7.35. The lowest BCUT2D eigenvalue weighted by molar-refractivity contribution is -0.159. The average Bonchev–Trinajstić information content (AvgIpc) is 2.08. The van der Waals surface area contributed by atoms with Crippen LogP contribution in [-0.4, -0.2) is 41.6 Å². The van der Waals surface area contributed by atoms with E-state index in [0.717, 1.165) is 0 Å². The van der Waals surface area contributed by atoms with Crippen LogP contribution in [0.25, 0.3) is 10.4 Å². The second-order valence-corrected chi connectivity index (χ2v) is 4.97. The van der Waals surface area contributed by atoms with Crippen molar-refractivity contribution in [2.24, 2.45) is 5.11 Å². The molecule has 1 saturated heterocycles. The Hall–Kier alpha value is -1.26. The zero-order chi connectivity index (χ0) is 12.4. The van der Waals surface area contributed by atoms with Gasteiger partial charge in [0.2, 0.25) is 0 Å². The number of esters is 1. The lowest BCUT2D eigenvalue weighted by Gasteiger charge is -2.51. The molecule has 0 aliphatic carbocycles. The zero-order valence-corrected chi connectivity index (χ0v) is 10.2. The lowest BCUT2D eigenvalue weighted by atomic mass is 9.86. The maximum atomic E-state index is 11.7. The number of hydrogen-bond donors (Lipinski definition) is 0. The van der Waals surface area contributed by atoms with E-state index in [4.69, 9.17) is 10.3 Å². The second kappa shape index (κ2) is 4.31. The molecule has 0 radical (unpaired) electrons. The molecule has 0 saturated carbocycles. The number of carbonyl (C=O) groups is 1. The van der Waals surface area contributed by atoms with Crippen LogP contribution in [0, 0.1) is 0 Å². The number of hydrogen-bond acceptors (Lipinski definition) is 4. The Balaban J connectivity index is 2.75. The SMILES string of the molecule is CCOC(=O)C1(N=[N+]=[N-])CN(C(C)(C)C)C1. The number of azide groups is 1. The minimum atomic E-state index is -1.02. The van der Waals surface area contributed by atoms with Crippen molar-refractivity contribution in [2.45, 2.75) is 38.8 Å². The molecule has 6 heteroatoms. The molecule has 1 fully saturated rings. The molecule has 1 aliphatic rings. The summed E-state index contributed by atoms with van der Waals surface area (Å²) >= 11 is 0. The van der Waals surface area contributed by atoms with Gasteiger partial charge in [-0.3, -0.25) is 9.69 Å². The Labute approximate surface area is 95.2 Å². The van der Waals surface area contributed by atoms with Gasteiger partial charge in [-0.25, -0.2) is 0 Å². The topological polar surface area (TPSA) is 78.3 Å². The molecule has 16 heavy (non-hydrogen) atoms. The molecule has 0 amide bonds. The van der Waals surface area contributed by atoms with E-state index >= 15 is 0 Å². The molecule has 0 aromatic carbocycles. The van der Waals surface area contributed by atoms with E-state index in [1.165, 1.54) is 0 Å². The van der Waals surface area contributed by atoms with Gasteiger partial charge in [-0.1, -0.05) is 5.11 Å². The fourth-order valence-corrected chi connectivity index (χ4v) is 1.64. The van der Waals surface area contributed by atoms with Gasteiger partial charge in [0.25, 0.3) is 0 Å². The number of carbonyl (C=O) groups excluding carboxylic acids is 1. The molecular formula is C10H18N4O2. The van der Waals surface area contributed by atoms with Crippen molar-refractivity contribution in [3.05, 3.63) is 10.4 Å². The van der Waals surface area contributed by atoms with Crippen molar-refractivity contribution in [3.8, 4) is 0 Å². The lowest BCUT2D eigenvalue weighted by Crippen LogP contribution is -2.69. The standard InChI is InChI=1S/C10H18N4O2/c1-5-16-8(15)10(12-13-11)6-14(7-10)9(2,3)4/h5-7H2,1-4H3. The van der Waals surface area contributed by atoms with Crippen LogP contribution >= 0.6 is 0 Å². The summed E-state index contributed by atoms with van der Waals surface area (Å²) in [7, 11) is 0. The quantitative estimate of drug-likeness (QED) is 0.318. The Morgan fingerprint density at radius 2 is 2.12 bits per heavy atom. The van der Waals surface area contributed by atoms with Crippen LogP contribution in [0.15, 0.2) is 5.11 Å². The van der Waals surface area contributed by atoms with E-state index < -0.39 is 11.5 Å². The summed E-state index contributed by atoms with van der Waals surface area (Å²) in [6, 6.07) is 0. The van der Waals surface area contributed by atoms with Gasteiger partial charge in [0.15, 0.2) is 5.54 Å². The maximum absolute atomic E-state index is 11.7. The van der Waals surface area contributed by atoms with Crippen LogP contribution in [0.1, 0.15) is 27.7 Å². The summed E-state index contributed by atoms with van der Waals surface area (Å²) in [6.45, 7) is 9.06. The molecule has 90 valence electrons. The third-order valence-electron chi connectivity index (χ3n) is 2.75. The third-order valence-corrected chi connectivity index (χ3v) is 2.75. The third kappa shape index (κ3) is 2.28. The fourth-order valence-electron chi connectivity index (χ4n) is 1.64. The molecule has 6 nitrogen and oxygen atoms in total. The van der Waals surface area contributed by atoms with Gasteiger partial charge in [0, 0.05) is 23.5 Å². The van der Waals surface area contributed by atoms with E-state index in [2.05, 4.69) is 35.7 Å². The Kier molecular flexibility index (Phi) is 3.45. The molecule has 0 aromatic rings.